The van der Waals surface area contributed by atoms with E-state index in [4.69, 9.17) is 11.5 Å². The van der Waals surface area contributed by atoms with E-state index in [1.807, 2.05) is 32.6 Å². The number of aryl methyl sites for hydroxylation is 1. The monoisotopic (exact) mass is 287 g/mol. The number of nitrogens with two attached hydrogens (primary N) is 2. The van der Waals surface area contributed by atoms with Crippen molar-refractivity contribution in [3.8, 4) is 0 Å². The van der Waals surface area contributed by atoms with E-state index in [1.165, 1.54) is 0 Å². The summed E-state index contributed by atoms with van der Waals surface area (Å²) >= 11 is 0. The number of hydrogen-bond acceptors (Lipinski definition) is 6. The molecule has 0 amide bonds. The van der Waals surface area contributed by atoms with Crippen LogP contribution in [0.4, 0.5) is 11.8 Å². The van der Waals surface area contributed by atoms with Crippen LogP contribution in [-0.4, -0.2) is 32.8 Å². The first-order valence-corrected chi connectivity index (χ1v) is 7.10. The number of anilines is 2. The Morgan fingerprint density at radius 2 is 2.14 bits per heavy atom. The van der Waals surface area contributed by atoms with Crippen molar-refractivity contribution >= 4 is 11.8 Å². The van der Waals surface area contributed by atoms with Crippen molar-refractivity contribution in [2.45, 2.75) is 31.3 Å². The zero-order valence-corrected chi connectivity index (χ0v) is 12.4. The van der Waals surface area contributed by atoms with Gasteiger partial charge in [-0.1, -0.05) is 0 Å². The maximum absolute atomic E-state index is 5.85. The largest absolute Gasteiger partial charge is 0.368 e. The van der Waals surface area contributed by atoms with Gasteiger partial charge in [-0.25, -0.2) is 4.98 Å². The Bertz CT molecular complexity index is 630. The number of hydrogen-bond donors (Lipinski definition) is 2. The van der Waals surface area contributed by atoms with E-state index in [0.29, 0.717) is 17.9 Å². The fourth-order valence-electron chi connectivity index (χ4n) is 2.69. The second-order valence-corrected chi connectivity index (χ2v) is 5.82. The van der Waals surface area contributed by atoms with Gasteiger partial charge in [0.25, 0.3) is 0 Å². The SMILES string of the molecule is CN(Cc1cnn(C)c1)c1cc(C2CC(N)C2)nc(N)n1. The maximum Gasteiger partial charge on any atom is 0.222 e. The van der Waals surface area contributed by atoms with Crippen LogP contribution in [0.3, 0.4) is 0 Å². The van der Waals surface area contributed by atoms with Gasteiger partial charge in [0.1, 0.15) is 5.82 Å². The lowest BCUT2D eigenvalue weighted by atomic mass is 9.78. The normalized spacial score (nSPS) is 21.1. The predicted octanol–water partition coefficient (Wildman–Crippen LogP) is 0.633. The minimum Gasteiger partial charge on any atom is -0.368 e. The van der Waals surface area contributed by atoms with Crippen molar-refractivity contribution in [1.82, 2.24) is 19.7 Å². The molecule has 0 radical (unpaired) electrons. The predicted molar refractivity (Wildman–Crippen MR) is 81.7 cm³/mol. The lowest BCUT2D eigenvalue weighted by molar-refractivity contribution is 0.345. The highest BCUT2D eigenvalue weighted by Crippen LogP contribution is 2.35. The number of aromatic nitrogens is 4. The van der Waals surface area contributed by atoms with Gasteiger partial charge in [-0.15, -0.1) is 0 Å². The summed E-state index contributed by atoms with van der Waals surface area (Å²) in [5, 5.41) is 4.18. The Morgan fingerprint density at radius 1 is 1.38 bits per heavy atom. The molecule has 0 aromatic carbocycles. The van der Waals surface area contributed by atoms with Crippen LogP contribution in [0.5, 0.6) is 0 Å². The summed E-state index contributed by atoms with van der Waals surface area (Å²) in [6, 6.07) is 2.31. The number of nitrogens with zero attached hydrogens (tertiary/aromatic N) is 5. The van der Waals surface area contributed by atoms with Crippen molar-refractivity contribution in [1.29, 1.82) is 0 Å². The van der Waals surface area contributed by atoms with Gasteiger partial charge >= 0.3 is 0 Å². The molecule has 1 aliphatic carbocycles. The van der Waals surface area contributed by atoms with Crippen LogP contribution >= 0.6 is 0 Å². The summed E-state index contributed by atoms with van der Waals surface area (Å²) in [6.07, 6.45) is 5.80. The van der Waals surface area contributed by atoms with Crippen molar-refractivity contribution in [3.63, 3.8) is 0 Å². The van der Waals surface area contributed by atoms with Gasteiger partial charge in [-0.2, -0.15) is 10.1 Å². The van der Waals surface area contributed by atoms with Crippen molar-refractivity contribution < 1.29 is 0 Å². The molecular weight excluding hydrogens is 266 g/mol. The summed E-state index contributed by atoms with van der Waals surface area (Å²) in [4.78, 5) is 10.7. The molecule has 1 saturated carbocycles. The lowest BCUT2D eigenvalue weighted by Gasteiger charge is -2.32. The molecule has 2 aromatic rings. The standard InChI is InChI=1S/C14H21N7/c1-20(7-9-6-17-21(2)8-9)13-5-12(18-14(16)19-13)10-3-11(15)4-10/h5-6,8,10-11H,3-4,7,15H2,1-2H3,(H2,16,18,19). The van der Waals surface area contributed by atoms with Crippen LogP contribution in [0, 0.1) is 0 Å². The maximum atomic E-state index is 5.85. The first-order chi connectivity index (χ1) is 10.0. The minimum atomic E-state index is 0.294. The highest BCUT2D eigenvalue weighted by molar-refractivity contribution is 5.44. The van der Waals surface area contributed by atoms with E-state index >= 15 is 0 Å². The number of rotatable bonds is 4. The molecule has 112 valence electrons. The molecule has 21 heavy (non-hydrogen) atoms. The molecule has 7 nitrogen and oxygen atoms in total. The van der Waals surface area contributed by atoms with Crippen LogP contribution in [-0.2, 0) is 13.6 Å². The number of nitrogen functional groups attached to an aromatic ring is 1. The molecule has 2 heterocycles. The second-order valence-electron chi connectivity index (χ2n) is 5.82. The third kappa shape index (κ3) is 2.97. The Labute approximate surface area is 124 Å². The topological polar surface area (TPSA) is 98.9 Å². The molecule has 0 unspecified atom stereocenters. The fourth-order valence-corrected chi connectivity index (χ4v) is 2.69. The van der Waals surface area contributed by atoms with Crippen molar-refractivity contribution in [2.24, 2.45) is 12.8 Å². The van der Waals surface area contributed by atoms with E-state index in [-0.39, 0.29) is 0 Å². The molecule has 2 aromatic heterocycles. The van der Waals surface area contributed by atoms with Crippen LogP contribution in [0.25, 0.3) is 0 Å². The molecule has 0 aliphatic heterocycles. The zero-order chi connectivity index (χ0) is 15.0. The van der Waals surface area contributed by atoms with E-state index in [9.17, 15) is 0 Å². The second kappa shape index (κ2) is 5.33. The Kier molecular flexibility index (Phi) is 3.50. The van der Waals surface area contributed by atoms with E-state index in [2.05, 4.69) is 20.0 Å². The third-order valence-electron chi connectivity index (χ3n) is 3.91. The van der Waals surface area contributed by atoms with Crippen molar-refractivity contribution in [2.75, 3.05) is 17.7 Å². The molecule has 3 rings (SSSR count). The summed E-state index contributed by atoms with van der Waals surface area (Å²) < 4.78 is 1.79. The van der Waals surface area contributed by atoms with Crippen molar-refractivity contribution in [3.05, 3.63) is 29.7 Å². The first kappa shape index (κ1) is 13.8. The smallest absolute Gasteiger partial charge is 0.222 e. The third-order valence-corrected chi connectivity index (χ3v) is 3.91. The van der Waals surface area contributed by atoms with Gasteiger partial charge in [0.05, 0.1) is 11.9 Å². The van der Waals surface area contributed by atoms with E-state index in [0.717, 1.165) is 36.5 Å². The van der Waals surface area contributed by atoms with Gasteiger partial charge in [0.15, 0.2) is 0 Å². The highest BCUT2D eigenvalue weighted by Gasteiger charge is 2.29. The van der Waals surface area contributed by atoms with E-state index in [1.54, 1.807) is 4.68 Å². The van der Waals surface area contributed by atoms with Crippen LogP contribution in [0.15, 0.2) is 18.5 Å². The van der Waals surface area contributed by atoms with Gasteiger partial charge in [0, 0.05) is 50.4 Å². The Hall–Kier alpha value is -2.15. The molecular formula is C14H21N7. The summed E-state index contributed by atoms with van der Waals surface area (Å²) in [7, 11) is 3.90. The molecule has 7 heteroatoms. The fraction of sp³-hybridized carbons (Fsp3) is 0.500. The van der Waals surface area contributed by atoms with Gasteiger partial charge in [-0.05, 0) is 12.8 Å². The van der Waals surface area contributed by atoms with Crippen LogP contribution in [0.1, 0.15) is 30.0 Å². The van der Waals surface area contributed by atoms with E-state index < -0.39 is 0 Å². The Morgan fingerprint density at radius 3 is 2.76 bits per heavy atom. The molecule has 1 aliphatic rings. The Balaban J connectivity index is 1.77. The lowest BCUT2D eigenvalue weighted by Crippen LogP contribution is -2.35. The zero-order valence-electron chi connectivity index (χ0n) is 12.4. The molecule has 4 N–H and O–H groups in total. The van der Waals surface area contributed by atoms with Crippen LogP contribution < -0.4 is 16.4 Å². The molecule has 0 spiro atoms. The van der Waals surface area contributed by atoms with Gasteiger partial charge in [0.2, 0.25) is 5.95 Å². The van der Waals surface area contributed by atoms with Crippen LogP contribution in [0.2, 0.25) is 0 Å². The molecule has 0 bridgehead atoms. The highest BCUT2D eigenvalue weighted by atomic mass is 15.2. The summed E-state index contributed by atoms with van der Waals surface area (Å²) in [6.45, 7) is 0.730. The molecule has 0 atom stereocenters. The minimum absolute atomic E-state index is 0.294. The average molecular weight is 287 g/mol. The summed E-state index contributed by atoms with van der Waals surface area (Å²) in [5.74, 6) is 1.57. The molecule has 0 saturated heterocycles. The summed E-state index contributed by atoms with van der Waals surface area (Å²) in [5.41, 5.74) is 13.8. The van der Waals surface area contributed by atoms with Gasteiger partial charge < -0.3 is 16.4 Å². The first-order valence-electron chi connectivity index (χ1n) is 7.10. The molecule has 1 fully saturated rings. The average Bonchev–Trinajstić information content (AvgIpc) is 2.79. The quantitative estimate of drug-likeness (QED) is 0.856. The van der Waals surface area contributed by atoms with Gasteiger partial charge in [-0.3, -0.25) is 4.68 Å².